The fourth-order valence-electron chi connectivity index (χ4n) is 1.98. The number of hydrogen-bond acceptors (Lipinski definition) is 5. The van der Waals surface area contributed by atoms with Crippen LogP contribution in [0.5, 0.6) is 0 Å². The van der Waals surface area contributed by atoms with E-state index in [0.29, 0.717) is 16.9 Å². The third kappa shape index (κ3) is 3.29. The van der Waals surface area contributed by atoms with Gasteiger partial charge < -0.3 is 11.1 Å². The van der Waals surface area contributed by atoms with Crippen LogP contribution in [0.25, 0.3) is 11.3 Å². The van der Waals surface area contributed by atoms with E-state index in [4.69, 9.17) is 5.73 Å². The first kappa shape index (κ1) is 14.6. The quantitative estimate of drug-likeness (QED) is 0.775. The molecular formula is C16H12FN5O. The largest absolute Gasteiger partial charge is 0.382 e. The summed E-state index contributed by atoms with van der Waals surface area (Å²) in [6.45, 7) is 0. The molecule has 0 fully saturated rings. The lowest BCUT2D eigenvalue weighted by Gasteiger charge is -2.08. The molecule has 2 heterocycles. The number of nitrogens with zero attached hydrogens (tertiary/aromatic N) is 3. The number of nitrogens with one attached hydrogen (secondary N) is 1. The third-order valence-corrected chi connectivity index (χ3v) is 3.06. The minimum absolute atomic E-state index is 0.00783. The highest BCUT2D eigenvalue weighted by Gasteiger charge is 2.15. The van der Waals surface area contributed by atoms with Crippen LogP contribution in [0.3, 0.4) is 0 Å². The Bertz CT molecular complexity index is 854. The van der Waals surface area contributed by atoms with Crippen molar-refractivity contribution in [3.63, 3.8) is 0 Å². The number of aromatic nitrogens is 3. The van der Waals surface area contributed by atoms with Crippen LogP contribution >= 0.6 is 0 Å². The number of carbonyl (C=O) groups is 1. The molecule has 1 aromatic carbocycles. The number of halogens is 1. The van der Waals surface area contributed by atoms with E-state index in [2.05, 4.69) is 20.3 Å². The summed E-state index contributed by atoms with van der Waals surface area (Å²) in [4.78, 5) is 24.4. The molecule has 114 valence electrons. The molecule has 3 rings (SSSR count). The highest BCUT2D eigenvalue weighted by atomic mass is 19.1. The fourth-order valence-corrected chi connectivity index (χ4v) is 1.98. The second-order valence-electron chi connectivity index (χ2n) is 4.70. The highest BCUT2D eigenvalue weighted by Crippen LogP contribution is 2.20. The molecule has 0 bridgehead atoms. The van der Waals surface area contributed by atoms with E-state index in [1.165, 1.54) is 24.5 Å². The van der Waals surface area contributed by atoms with E-state index in [1.54, 1.807) is 30.5 Å². The van der Waals surface area contributed by atoms with Crippen molar-refractivity contribution >= 4 is 17.4 Å². The van der Waals surface area contributed by atoms with Crippen molar-refractivity contribution < 1.29 is 9.18 Å². The van der Waals surface area contributed by atoms with Crippen LogP contribution in [0.15, 0.2) is 55.0 Å². The topological polar surface area (TPSA) is 93.8 Å². The molecule has 0 unspecified atom stereocenters. The van der Waals surface area contributed by atoms with Crippen LogP contribution in [-0.4, -0.2) is 20.9 Å². The van der Waals surface area contributed by atoms with E-state index in [-0.39, 0.29) is 11.5 Å². The Morgan fingerprint density at radius 1 is 1.17 bits per heavy atom. The Kier molecular flexibility index (Phi) is 3.92. The molecule has 0 radical (unpaired) electrons. The normalized spacial score (nSPS) is 10.3. The number of pyridine rings is 1. The van der Waals surface area contributed by atoms with Crippen molar-refractivity contribution in [1.82, 2.24) is 15.0 Å². The third-order valence-electron chi connectivity index (χ3n) is 3.06. The zero-order chi connectivity index (χ0) is 16.2. The Hall–Kier alpha value is -3.35. The number of hydrogen-bond donors (Lipinski definition) is 2. The number of rotatable bonds is 3. The zero-order valence-corrected chi connectivity index (χ0v) is 11.9. The van der Waals surface area contributed by atoms with Crippen molar-refractivity contribution in [3.05, 3.63) is 66.5 Å². The number of nitrogens with two attached hydrogens (primary N) is 1. The molecular weight excluding hydrogens is 297 g/mol. The fraction of sp³-hybridized carbons (Fsp3) is 0. The van der Waals surface area contributed by atoms with Crippen molar-refractivity contribution in [3.8, 4) is 11.3 Å². The van der Waals surface area contributed by atoms with Gasteiger partial charge in [0.25, 0.3) is 5.91 Å². The molecule has 6 nitrogen and oxygen atoms in total. The molecule has 0 atom stereocenters. The van der Waals surface area contributed by atoms with Crippen molar-refractivity contribution in [2.24, 2.45) is 0 Å². The van der Waals surface area contributed by atoms with Crippen LogP contribution in [0.4, 0.5) is 15.9 Å². The van der Waals surface area contributed by atoms with E-state index >= 15 is 0 Å². The average molecular weight is 309 g/mol. The number of carbonyl (C=O) groups excluding carboxylic acids is 1. The summed E-state index contributed by atoms with van der Waals surface area (Å²) in [6.07, 6.45) is 4.48. The van der Waals surface area contributed by atoms with Gasteiger partial charge in [0.05, 0.1) is 23.8 Å². The van der Waals surface area contributed by atoms with E-state index in [0.717, 1.165) is 0 Å². The Morgan fingerprint density at radius 2 is 2.04 bits per heavy atom. The summed E-state index contributed by atoms with van der Waals surface area (Å²) in [7, 11) is 0. The van der Waals surface area contributed by atoms with Crippen LogP contribution in [0.2, 0.25) is 0 Å². The Labute approximate surface area is 131 Å². The van der Waals surface area contributed by atoms with Gasteiger partial charge in [-0.25, -0.2) is 14.4 Å². The predicted octanol–water partition coefficient (Wildman–Crippen LogP) is 2.51. The van der Waals surface area contributed by atoms with Gasteiger partial charge in [-0.1, -0.05) is 12.1 Å². The van der Waals surface area contributed by atoms with Crippen molar-refractivity contribution in [1.29, 1.82) is 0 Å². The summed E-state index contributed by atoms with van der Waals surface area (Å²) >= 11 is 0. The van der Waals surface area contributed by atoms with Crippen molar-refractivity contribution in [2.75, 3.05) is 11.1 Å². The van der Waals surface area contributed by atoms with E-state index in [1.807, 2.05) is 0 Å². The SMILES string of the molecule is Nc1ncc(-c2cccc(F)c2)nc1C(=O)Nc1cccnc1. The lowest BCUT2D eigenvalue weighted by atomic mass is 10.1. The molecule has 0 aliphatic carbocycles. The van der Waals surface area contributed by atoms with Crippen LogP contribution < -0.4 is 11.1 Å². The van der Waals surface area contributed by atoms with Crippen molar-refractivity contribution in [2.45, 2.75) is 0 Å². The van der Waals surface area contributed by atoms with Gasteiger partial charge in [-0.15, -0.1) is 0 Å². The van der Waals surface area contributed by atoms with Crippen LogP contribution in [-0.2, 0) is 0 Å². The number of amides is 1. The molecule has 0 spiro atoms. The summed E-state index contributed by atoms with van der Waals surface area (Å²) in [5.74, 6) is -0.921. The maximum absolute atomic E-state index is 13.3. The maximum Gasteiger partial charge on any atom is 0.278 e. The zero-order valence-electron chi connectivity index (χ0n) is 11.9. The van der Waals surface area contributed by atoms with Gasteiger partial charge >= 0.3 is 0 Å². The molecule has 0 aliphatic heterocycles. The number of nitrogen functional groups attached to an aromatic ring is 1. The average Bonchev–Trinajstić information content (AvgIpc) is 2.56. The molecule has 2 aromatic heterocycles. The maximum atomic E-state index is 13.3. The van der Waals surface area contributed by atoms with E-state index < -0.39 is 11.7 Å². The molecule has 23 heavy (non-hydrogen) atoms. The first-order valence-corrected chi connectivity index (χ1v) is 6.73. The number of benzene rings is 1. The molecule has 0 saturated heterocycles. The minimum Gasteiger partial charge on any atom is -0.382 e. The minimum atomic E-state index is -0.513. The lowest BCUT2D eigenvalue weighted by Crippen LogP contribution is -2.17. The second-order valence-corrected chi connectivity index (χ2v) is 4.70. The molecule has 1 amide bonds. The summed E-state index contributed by atoms with van der Waals surface area (Å²) in [5.41, 5.74) is 7.07. The summed E-state index contributed by atoms with van der Waals surface area (Å²) in [6, 6.07) is 9.23. The standard InChI is InChI=1S/C16H12FN5O/c17-11-4-1-3-10(7-11)13-9-20-15(18)14(22-13)16(23)21-12-5-2-6-19-8-12/h1-9H,(H2,18,20)(H,21,23). The van der Waals surface area contributed by atoms with Gasteiger partial charge in [-0.2, -0.15) is 0 Å². The summed E-state index contributed by atoms with van der Waals surface area (Å²) in [5, 5.41) is 2.63. The van der Waals surface area contributed by atoms with Gasteiger partial charge in [-0.05, 0) is 24.3 Å². The van der Waals surface area contributed by atoms with Gasteiger partial charge in [0.15, 0.2) is 11.5 Å². The first-order chi connectivity index (χ1) is 11.1. The van der Waals surface area contributed by atoms with Crippen LogP contribution in [0.1, 0.15) is 10.5 Å². The molecule has 3 N–H and O–H groups in total. The Morgan fingerprint density at radius 3 is 2.78 bits per heavy atom. The van der Waals surface area contributed by atoms with Gasteiger partial charge in [0.1, 0.15) is 5.82 Å². The molecule has 3 aromatic rings. The number of anilines is 2. The lowest BCUT2D eigenvalue weighted by molar-refractivity contribution is 0.102. The smallest absolute Gasteiger partial charge is 0.278 e. The van der Waals surface area contributed by atoms with Crippen LogP contribution in [0, 0.1) is 5.82 Å². The van der Waals surface area contributed by atoms with Gasteiger partial charge in [0, 0.05) is 11.8 Å². The first-order valence-electron chi connectivity index (χ1n) is 6.73. The summed E-state index contributed by atoms with van der Waals surface area (Å²) < 4.78 is 13.3. The molecule has 7 heteroatoms. The molecule has 0 aliphatic rings. The predicted molar refractivity (Wildman–Crippen MR) is 84.0 cm³/mol. The second kappa shape index (κ2) is 6.18. The van der Waals surface area contributed by atoms with E-state index in [9.17, 15) is 9.18 Å². The van der Waals surface area contributed by atoms with Gasteiger partial charge in [0.2, 0.25) is 0 Å². The Balaban J connectivity index is 1.93. The molecule has 0 saturated carbocycles. The monoisotopic (exact) mass is 309 g/mol. The van der Waals surface area contributed by atoms with Gasteiger partial charge in [-0.3, -0.25) is 9.78 Å². The highest BCUT2D eigenvalue weighted by molar-refractivity contribution is 6.05.